The molecule has 0 saturated heterocycles. The van der Waals surface area contributed by atoms with Crippen LogP contribution in [0.1, 0.15) is 0 Å². The topological polar surface area (TPSA) is 55.8 Å². The van der Waals surface area contributed by atoms with Crippen LogP contribution >= 0.6 is 0 Å². The van der Waals surface area contributed by atoms with Gasteiger partial charge in [-0.1, -0.05) is 0 Å². The molecule has 0 saturated carbocycles. The molecule has 0 aliphatic carbocycles. The Morgan fingerprint density at radius 3 is 2.17 bits per heavy atom. The third-order valence-corrected chi connectivity index (χ3v) is 2.46. The van der Waals surface area contributed by atoms with Gasteiger partial charge in [0, 0.05) is 19.3 Å². The van der Waals surface area contributed by atoms with Crippen molar-refractivity contribution in [1.29, 1.82) is 0 Å². The van der Waals surface area contributed by atoms with Gasteiger partial charge in [0.2, 0.25) is 0 Å². The number of methoxy groups -OCH3 is 1. The van der Waals surface area contributed by atoms with Crippen LogP contribution in [0.25, 0.3) is 0 Å². The van der Waals surface area contributed by atoms with E-state index >= 15 is 0 Å². The van der Waals surface area contributed by atoms with Crippen LogP contribution in [0.4, 0.5) is 5.69 Å². The Balaban J connectivity index is 2.04. The molecule has 18 heavy (non-hydrogen) atoms. The van der Waals surface area contributed by atoms with Crippen LogP contribution in [0.2, 0.25) is 0 Å². The number of carbonyl (C=O) groups is 2. The number of benzene rings is 1. The first-order chi connectivity index (χ1) is 8.72. The molecule has 5 nitrogen and oxygen atoms in total. The van der Waals surface area contributed by atoms with Gasteiger partial charge in [0.15, 0.2) is 0 Å². The lowest BCUT2D eigenvalue weighted by Crippen LogP contribution is -2.29. The normalized spacial score (nSPS) is 14.4. The molecule has 0 unspecified atom stereocenters. The summed E-state index contributed by atoms with van der Waals surface area (Å²) in [5, 5.41) is 0. The van der Waals surface area contributed by atoms with Crippen molar-refractivity contribution in [3.63, 3.8) is 0 Å². The Kier molecular flexibility index (Phi) is 3.74. The van der Waals surface area contributed by atoms with Crippen LogP contribution in [-0.2, 0) is 14.3 Å². The van der Waals surface area contributed by atoms with E-state index in [0.717, 1.165) is 4.90 Å². The van der Waals surface area contributed by atoms with E-state index in [1.165, 1.54) is 12.2 Å². The summed E-state index contributed by atoms with van der Waals surface area (Å²) in [5.41, 5.74) is 0.536. The highest BCUT2D eigenvalue weighted by Crippen LogP contribution is 2.22. The highest BCUT2D eigenvalue weighted by molar-refractivity contribution is 6.28. The average molecular weight is 247 g/mol. The van der Waals surface area contributed by atoms with E-state index in [9.17, 15) is 9.59 Å². The molecule has 0 radical (unpaired) electrons. The highest BCUT2D eigenvalue weighted by atomic mass is 16.5. The van der Waals surface area contributed by atoms with Crippen molar-refractivity contribution in [3.8, 4) is 5.75 Å². The first-order valence-corrected chi connectivity index (χ1v) is 5.50. The number of hydrogen-bond donors (Lipinski definition) is 0. The van der Waals surface area contributed by atoms with Crippen LogP contribution in [0.3, 0.4) is 0 Å². The minimum atomic E-state index is -0.326. The Bertz CT molecular complexity index is 460. The fraction of sp³-hybridized carbons (Fsp3) is 0.231. The molecule has 0 spiro atoms. The standard InChI is InChI=1S/C13H13NO4/c1-17-8-9-18-11-4-2-10(3-5-11)14-12(15)6-7-13(14)16/h2-7H,8-9H2,1H3. The smallest absolute Gasteiger partial charge is 0.258 e. The highest BCUT2D eigenvalue weighted by Gasteiger charge is 2.24. The summed E-state index contributed by atoms with van der Waals surface area (Å²) in [7, 11) is 1.60. The Morgan fingerprint density at radius 1 is 1.00 bits per heavy atom. The van der Waals surface area contributed by atoms with Gasteiger partial charge in [-0.25, -0.2) is 4.90 Å². The second-order valence-corrected chi connectivity index (χ2v) is 3.68. The number of hydrogen-bond acceptors (Lipinski definition) is 4. The molecule has 1 aliphatic heterocycles. The van der Waals surface area contributed by atoms with Crippen molar-refractivity contribution in [2.24, 2.45) is 0 Å². The lowest BCUT2D eigenvalue weighted by atomic mass is 10.3. The third kappa shape index (κ3) is 2.57. The summed E-state index contributed by atoms with van der Waals surface area (Å²) in [4.78, 5) is 24.0. The van der Waals surface area contributed by atoms with Gasteiger partial charge < -0.3 is 9.47 Å². The maximum atomic E-state index is 11.5. The number of rotatable bonds is 5. The SMILES string of the molecule is COCCOc1ccc(N2C(=O)C=CC2=O)cc1. The zero-order chi connectivity index (χ0) is 13.0. The summed E-state index contributed by atoms with van der Waals surface area (Å²) in [6, 6.07) is 6.77. The van der Waals surface area contributed by atoms with Crippen molar-refractivity contribution in [3.05, 3.63) is 36.4 Å². The number of ether oxygens (including phenoxy) is 2. The molecule has 2 rings (SSSR count). The van der Waals surface area contributed by atoms with E-state index in [0.29, 0.717) is 24.7 Å². The molecule has 1 aromatic carbocycles. The molecular weight excluding hydrogens is 234 g/mol. The summed E-state index contributed by atoms with van der Waals surface area (Å²) in [5.74, 6) is 0.0176. The maximum absolute atomic E-state index is 11.5. The van der Waals surface area contributed by atoms with E-state index in [1.807, 2.05) is 0 Å². The lowest BCUT2D eigenvalue weighted by molar-refractivity contribution is -0.119. The van der Waals surface area contributed by atoms with Crippen molar-refractivity contribution in [2.45, 2.75) is 0 Å². The van der Waals surface area contributed by atoms with Gasteiger partial charge in [-0.15, -0.1) is 0 Å². The minimum Gasteiger partial charge on any atom is -0.491 e. The molecule has 1 heterocycles. The van der Waals surface area contributed by atoms with Crippen molar-refractivity contribution in [2.75, 3.05) is 25.2 Å². The number of imide groups is 1. The summed E-state index contributed by atoms with van der Waals surface area (Å²) < 4.78 is 10.3. The number of anilines is 1. The van der Waals surface area contributed by atoms with Crippen LogP contribution in [0, 0.1) is 0 Å². The summed E-state index contributed by atoms with van der Waals surface area (Å²) >= 11 is 0. The largest absolute Gasteiger partial charge is 0.491 e. The van der Waals surface area contributed by atoms with E-state index in [4.69, 9.17) is 9.47 Å². The number of amides is 2. The molecule has 0 aromatic heterocycles. The Morgan fingerprint density at radius 2 is 1.61 bits per heavy atom. The Hall–Kier alpha value is -2.14. The fourth-order valence-electron chi connectivity index (χ4n) is 1.59. The molecule has 1 aliphatic rings. The average Bonchev–Trinajstić information content (AvgIpc) is 2.71. The van der Waals surface area contributed by atoms with Crippen LogP contribution in [0.15, 0.2) is 36.4 Å². The second-order valence-electron chi connectivity index (χ2n) is 3.68. The van der Waals surface area contributed by atoms with Gasteiger partial charge in [0.25, 0.3) is 11.8 Å². The van der Waals surface area contributed by atoms with Crippen LogP contribution < -0.4 is 9.64 Å². The number of carbonyl (C=O) groups excluding carboxylic acids is 2. The maximum Gasteiger partial charge on any atom is 0.258 e. The van der Waals surface area contributed by atoms with Crippen molar-refractivity contribution in [1.82, 2.24) is 0 Å². The predicted molar refractivity (Wildman–Crippen MR) is 65.4 cm³/mol. The zero-order valence-electron chi connectivity index (χ0n) is 9.96. The molecule has 94 valence electrons. The van der Waals surface area contributed by atoms with Gasteiger partial charge in [-0.05, 0) is 24.3 Å². The van der Waals surface area contributed by atoms with E-state index in [1.54, 1.807) is 31.4 Å². The van der Waals surface area contributed by atoms with Gasteiger partial charge >= 0.3 is 0 Å². The monoisotopic (exact) mass is 247 g/mol. The van der Waals surface area contributed by atoms with Gasteiger partial charge in [0.1, 0.15) is 12.4 Å². The molecule has 0 fully saturated rings. The molecule has 0 bridgehead atoms. The van der Waals surface area contributed by atoms with Gasteiger partial charge in [-0.3, -0.25) is 9.59 Å². The molecule has 0 N–H and O–H groups in total. The second kappa shape index (κ2) is 5.46. The van der Waals surface area contributed by atoms with Gasteiger partial charge in [0.05, 0.1) is 12.3 Å². The van der Waals surface area contributed by atoms with E-state index in [2.05, 4.69) is 0 Å². The van der Waals surface area contributed by atoms with E-state index in [-0.39, 0.29) is 11.8 Å². The third-order valence-electron chi connectivity index (χ3n) is 2.46. The van der Waals surface area contributed by atoms with Crippen molar-refractivity contribution >= 4 is 17.5 Å². The number of nitrogens with zero attached hydrogens (tertiary/aromatic N) is 1. The minimum absolute atomic E-state index is 0.326. The lowest BCUT2D eigenvalue weighted by Gasteiger charge is -2.14. The summed E-state index contributed by atoms with van der Waals surface area (Å²) in [6.07, 6.45) is 2.51. The molecule has 0 atom stereocenters. The van der Waals surface area contributed by atoms with Crippen molar-refractivity contribution < 1.29 is 19.1 Å². The fourth-order valence-corrected chi connectivity index (χ4v) is 1.59. The predicted octanol–water partition coefficient (Wildman–Crippen LogP) is 1.14. The molecule has 5 heteroatoms. The molecule has 1 aromatic rings. The first kappa shape index (κ1) is 12.3. The first-order valence-electron chi connectivity index (χ1n) is 5.50. The Labute approximate surface area is 105 Å². The summed E-state index contributed by atoms with van der Waals surface area (Å²) in [6.45, 7) is 0.966. The van der Waals surface area contributed by atoms with Gasteiger partial charge in [-0.2, -0.15) is 0 Å². The quantitative estimate of drug-likeness (QED) is 0.578. The van der Waals surface area contributed by atoms with Crippen LogP contribution in [-0.4, -0.2) is 32.1 Å². The van der Waals surface area contributed by atoms with E-state index < -0.39 is 0 Å². The zero-order valence-corrected chi connectivity index (χ0v) is 9.96. The molecule has 2 amide bonds. The molecular formula is C13H13NO4. The van der Waals surface area contributed by atoms with Crippen LogP contribution in [0.5, 0.6) is 5.75 Å².